The molecule has 6 nitrogen and oxygen atoms in total. The smallest absolute Gasteiger partial charge is 0.258 e. The zero-order valence-corrected chi connectivity index (χ0v) is 19.7. The number of hydrogen-bond donors (Lipinski definition) is 1. The van der Waals surface area contributed by atoms with Crippen LogP contribution in [0.15, 0.2) is 97.1 Å². The molecule has 0 radical (unpaired) electrons. The van der Waals surface area contributed by atoms with E-state index < -0.39 is 0 Å². The molecule has 2 heterocycles. The van der Waals surface area contributed by atoms with Crippen LogP contribution in [-0.4, -0.2) is 27.3 Å². The number of carbonyl (C=O) groups is 1. The van der Waals surface area contributed by atoms with Crippen LogP contribution >= 0.6 is 0 Å². The van der Waals surface area contributed by atoms with Gasteiger partial charge in [-0.15, -0.1) is 0 Å². The van der Waals surface area contributed by atoms with Gasteiger partial charge >= 0.3 is 0 Å². The Kier molecular flexibility index (Phi) is 6.26. The Morgan fingerprint density at radius 3 is 2.26 bits per heavy atom. The van der Waals surface area contributed by atoms with Crippen molar-refractivity contribution in [1.29, 1.82) is 0 Å². The van der Waals surface area contributed by atoms with Crippen molar-refractivity contribution in [2.75, 3.05) is 6.61 Å². The van der Waals surface area contributed by atoms with Gasteiger partial charge in [-0.05, 0) is 37.1 Å². The molecule has 174 valence electrons. The van der Waals surface area contributed by atoms with E-state index in [4.69, 9.17) is 14.8 Å². The van der Waals surface area contributed by atoms with Gasteiger partial charge in [0, 0.05) is 11.6 Å². The molecule has 1 amide bonds. The second-order valence-electron chi connectivity index (χ2n) is 8.43. The van der Waals surface area contributed by atoms with Crippen LogP contribution in [0, 0.1) is 6.92 Å². The molecule has 6 heteroatoms. The quantitative estimate of drug-likeness (QED) is 0.339. The van der Waals surface area contributed by atoms with Gasteiger partial charge < -0.3 is 10.1 Å². The lowest BCUT2D eigenvalue weighted by atomic mass is 10.1. The summed E-state index contributed by atoms with van der Waals surface area (Å²) in [6, 6.07) is 31.5. The fraction of sp³-hybridized carbons (Fsp3) is 0.138. The summed E-state index contributed by atoms with van der Waals surface area (Å²) >= 11 is 0. The maximum atomic E-state index is 12.5. The lowest BCUT2D eigenvalue weighted by Gasteiger charge is -2.14. The van der Waals surface area contributed by atoms with Gasteiger partial charge in [0.1, 0.15) is 5.69 Å². The molecule has 1 atom stereocenters. The lowest BCUT2D eigenvalue weighted by molar-refractivity contribution is -0.123. The minimum atomic E-state index is -0.206. The summed E-state index contributed by atoms with van der Waals surface area (Å²) in [5.41, 5.74) is 5.47. The fourth-order valence-electron chi connectivity index (χ4n) is 4.14. The molecule has 35 heavy (non-hydrogen) atoms. The number of fused-ring (bicyclic) bond motifs is 1. The van der Waals surface area contributed by atoms with E-state index in [1.54, 1.807) is 0 Å². The predicted octanol–water partition coefficient (Wildman–Crippen LogP) is 5.65. The molecule has 0 fully saturated rings. The number of benzene rings is 3. The number of rotatable bonds is 7. The van der Waals surface area contributed by atoms with Crippen molar-refractivity contribution in [2.45, 2.75) is 19.9 Å². The Labute approximate surface area is 204 Å². The fourth-order valence-corrected chi connectivity index (χ4v) is 4.14. The first-order chi connectivity index (χ1) is 17.1. The van der Waals surface area contributed by atoms with Gasteiger partial charge in [0.2, 0.25) is 5.88 Å². The summed E-state index contributed by atoms with van der Waals surface area (Å²) in [5, 5.41) is 8.84. The van der Waals surface area contributed by atoms with E-state index in [0.717, 1.165) is 33.5 Å². The Hall–Kier alpha value is -4.45. The average Bonchev–Trinajstić information content (AvgIpc) is 3.29. The lowest BCUT2D eigenvalue weighted by Crippen LogP contribution is -2.31. The zero-order chi connectivity index (χ0) is 24.2. The summed E-state index contributed by atoms with van der Waals surface area (Å²) in [4.78, 5) is 17.3. The van der Waals surface area contributed by atoms with E-state index in [1.165, 1.54) is 0 Å². The van der Waals surface area contributed by atoms with Crippen molar-refractivity contribution in [3.8, 4) is 22.8 Å². The maximum Gasteiger partial charge on any atom is 0.258 e. The van der Waals surface area contributed by atoms with Crippen LogP contribution in [0.4, 0.5) is 0 Å². The molecule has 0 aliphatic rings. The second-order valence-corrected chi connectivity index (χ2v) is 8.43. The summed E-state index contributed by atoms with van der Waals surface area (Å²) < 4.78 is 7.66. The Balaban J connectivity index is 1.45. The van der Waals surface area contributed by atoms with Gasteiger partial charge in [0.25, 0.3) is 5.91 Å². The van der Waals surface area contributed by atoms with Crippen LogP contribution < -0.4 is 10.1 Å². The Morgan fingerprint density at radius 1 is 0.943 bits per heavy atom. The number of amides is 1. The first-order valence-electron chi connectivity index (χ1n) is 11.6. The van der Waals surface area contributed by atoms with Crippen LogP contribution in [-0.2, 0) is 4.79 Å². The molecule has 0 aliphatic carbocycles. The molecule has 0 spiro atoms. The highest BCUT2D eigenvalue weighted by Gasteiger charge is 2.19. The number of pyridine rings is 1. The van der Waals surface area contributed by atoms with Crippen molar-refractivity contribution in [2.24, 2.45) is 0 Å². The monoisotopic (exact) mass is 462 g/mol. The van der Waals surface area contributed by atoms with Crippen LogP contribution in [0.5, 0.6) is 5.88 Å². The SMILES string of the molecule is Cc1cc(OCC(=O)NC(C)c2ccccc2)nc2c1c(-c1ccccc1)nn2-c1ccccc1. The molecule has 1 unspecified atom stereocenters. The highest BCUT2D eigenvalue weighted by Crippen LogP contribution is 2.33. The molecule has 1 N–H and O–H groups in total. The molecular formula is C29H26N4O2. The van der Waals surface area contributed by atoms with Crippen molar-refractivity contribution in [3.05, 3.63) is 108 Å². The standard InChI is InChI=1S/C29H26N4O2/c1-20-18-26(35-19-25(34)30-21(2)22-12-6-3-7-13-22)31-29-27(20)28(23-14-8-4-9-15-23)32-33(29)24-16-10-5-11-17-24/h3-18,21H,19H2,1-2H3,(H,30,34). The molecule has 2 aromatic heterocycles. The number of nitrogens with one attached hydrogen (secondary N) is 1. The topological polar surface area (TPSA) is 69.0 Å². The third kappa shape index (κ3) is 4.77. The third-order valence-corrected chi connectivity index (χ3v) is 5.89. The van der Waals surface area contributed by atoms with Gasteiger partial charge in [-0.3, -0.25) is 4.79 Å². The van der Waals surface area contributed by atoms with E-state index in [-0.39, 0.29) is 18.6 Å². The minimum absolute atomic E-state index is 0.114. The summed E-state index contributed by atoms with van der Waals surface area (Å²) in [5.74, 6) is 0.177. The Bertz CT molecular complexity index is 1450. The molecule has 0 saturated heterocycles. The molecule has 3 aromatic carbocycles. The molecule has 5 rings (SSSR count). The van der Waals surface area contributed by atoms with Gasteiger partial charge in [-0.1, -0.05) is 78.9 Å². The van der Waals surface area contributed by atoms with E-state index >= 15 is 0 Å². The largest absolute Gasteiger partial charge is 0.468 e. The zero-order valence-electron chi connectivity index (χ0n) is 19.7. The number of aromatic nitrogens is 3. The number of carbonyl (C=O) groups excluding carboxylic acids is 1. The molecule has 0 saturated carbocycles. The highest BCUT2D eigenvalue weighted by molar-refractivity contribution is 5.95. The molecule has 5 aromatic rings. The van der Waals surface area contributed by atoms with Gasteiger partial charge in [-0.2, -0.15) is 10.1 Å². The first kappa shape index (κ1) is 22.3. The van der Waals surface area contributed by atoms with Gasteiger partial charge in [0.15, 0.2) is 12.3 Å². The number of ether oxygens (including phenoxy) is 1. The predicted molar refractivity (Wildman–Crippen MR) is 138 cm³/mol. The van der Waals surface area contributed by atoms with E-state index in [2.05, 4.69) is 5.32 Å². The minimum Gasteiger partial charge on any atom is -0.468 e. The van der Waals surface area contributed by atoms with E-state index in [0.29, 0.717) is 11.5 Å². The van der Waals surface area contributed by atoms with Crippen LogP contribution in [0.3, 0.4) is 0 Å². The van der Waals surface area contributed by atoms with E-state index in [1.807, 2.05) is 116 Å². The summed E-state index contributed by atoms with van der Waals surface area (Å²) in [6.45, 7) is 3.84. The molecule has 0 bridgehead atoms. The van der Waals surface area contributed by atoms with Gasteiger partial charge in [0.05, 0.1) is 17.1 Å². The Morgan fingerprint density at radius 2 is 1.57 bits per heavy atom. The van der Waals surface area contributed by atoms with Crippen molar-refractivity contribution >= 4 is 16.9 Å². The second kappa shape index (κ2) is 9.81. The number of nitrogens with zero attached hydrogens (tertiary/aromatic N) is 3. The van der Waals surface area contributed by atoms with E-state index in [9.17, 15) is 4.79 Å². The van der Waals surface area contributed by atoms with Gasteiger partial charge in [-0.25, -0.2) is 4.68 Å². The number of hydrogen-bond acceptors (Lipinski definition) is 4. The average molecular weight is 463 g/mol. The van der Waals surface area contributed by atoms with Crippen molar-refractivity contribution < 1.29 is 9.53 Å². The highest BCUT2D eigenvalue weighted by atomic mass is 16.5. The number of aryl methyl sites for hydroxylation is 1. The van der Waals surface area contributed by atoms with Crippen LogP contribution in [0.25, 0.3) is 28.0 Å². The summed E-state index contributed by atoms with van der Waals surface area (Å²) in [7, 11) is 0. The summed E-state index contributed by atoms with van der Waals surface area (Å²) in [6.07, 6.45) is 0. The molecular weight excluding hydrogens is 436 g/mol. The van der Waals surface area contributed by atoms with Crippen LogP contribution in [0.1, 0.15) is 24.1 Å². The first-order valence-corrected chi connectivity index (χ1v) is 11.6. The normalized spacial score (nSPS) is 11.8. The third-order valence-electron chi connectivity index (χ3n) is 5.89. The van der Waals surface area contributed by atoms with Crippen molar-refractivity contribution in [1.82, 2.24) is 20.1 Å². The maximum absolute atomic E-state index is 12.5. The van der Waals surface area contributed by atoms with Crippen LogP contribution in [0.2, 0.25) is 0 Å². The molecule has 0 aliphatic heterocycles. The number of para-hydroxylation sites is 1. The van der Waals surface area contributed by atoms with Crippen molar-refractivity contribution in [3.63, 3.8) is 0 Å².